The van der Waals surface area contributed by atoms with Gasteiger partial charge in [0.25, 0.3) is 5.91 Å². The normalized spacial score (nSPS) is 15.9. The maximum atomic E-state index is 13.4. The Morgan fingerprint density at radius 1 is 1.20 bits per heavy atom. The van der Waals surface area contributed by atoms with Crippen LogP contribution in [0, 0.1) is 0 Å². The van der Waals surface area contributed by atoms with E-state index in [1.54, 1.807) is 47.4 Å². The number of nitrogens with zero attached hydrogens (tertiary/aromatic N) is 1. The van der Waals surface area contributed by atoms with Gasteiger partial charge in [0, 0.05) is 17.6 Å². The van der Waals surface area contributed by atoms with Crippen molar-refractivity contribution in [2.45, 2.75) is 32.4 Å². The predicted molar refractivity (Wildman–Crippen MR) is 117 cm³/mol. The first-order valence-electron chi connectivity index (χ1n) is 9.84. The maximum absolute atomic E-state index is 13.4. The van der Waals surface area contributed by atoms with Gasteiger partial charge in [-0.3, -0.25) is 9.59 Å². The van der Waals surface area contributed by atoms with Crippen molar-refractivity contribution in [2.24, 2.45) is 0 Å². The summed E-state index contributed by atoms with van der Waals surface area (Å²) in [5.41, 5.74) is 1.10. The predicted octanol–water partition coefficient (Wildman–Crippen LogP) is 4.62. The van der Waals surface area contributed by atoms with E-state index in [4.69, 9.17) is 9.15 Å². The molecule has 0 radical (unpaired) electrons. The van der Waals surface area contributed by atoms with Crippen LogP contribution in [-0.2, 0) is 4.74 Å². The molecular formula is C23H22BrNO5. The van der Waals surface area contributed by atoms with E-state index >= 15 is 0 Å². The van der Waals surface area contributed by atoms with Gasteiger partial charge >= 0.3 is 0 Å². The number of carbonyl (C=O) groups excluding carboxylic acids is 1. The van der Waals surface area contributed by atoms with Crippen molar-refractivity contribution in [1.82, 2.24) is 4.90 Å². The van der Waals surface area contributed by atoms with Crippen molar-refractivity contribution in [3.63, 3.8) is 0 Å². The van der Waals surface area contributed by atoms with Gasteiger partial charge in [-0.25, -0.2) is 0 Å². The van der Waals surface area contributed by atoms with Gasteiger partial charge in [0.2, 0.25) is 5.76 Å². The monoisotopic (exact) mass is 471 g/mol. The summed E-state index contributed by atoms with van der Waals surface area (Å²) < 4.78 is 12.3. The Balaban J connectivity index is 1.83. The summed E-state index contributed by atoms with van der Waals surface area (Å²) in [6.45, 7) is 4.81. The highest BCUT2D eigenvalue weighted by Gasteiger charge is 2.42. The highest BCUT2D eigenvalue weighted by atomic mass is 79.9. The molecule has 1 N–H and O–H groups in total. The number of fused-ring (bicyclic) bond motifs is 2. The van der Waals surface area contributed by atoms with Gasteiger partial charge < -0.3 is 19.2 Å². The summed E-state index contributed by atoms with van der Waals surface area (Å²) >= 11 is 3.39. The Morgan fingerprint density at radius 3 is 2.73 bits per heavy atom. The summed E-state index contributed by atoms with van der Waals surface area (Å²) in [6.07, 6.45) is 0.720. The van der Waals surface area contributed by atoms with Crippen LogP contribution in [0.15, 0.2) is 56.1 Å². The summed E-state index contributed by atoms with van der Waals surface area (Å²) in [6, 6.07) is 11.2. The van der Waals surface area contributed by atoms with Crippen LogP contribution in [0.2, 0.25) is 0 Å². The van der Waals surface area contributed by atoms with Crippen molar-refractivity contribution in [2.75, 3.05) is 13.2 Å². The molecule has 30 heavy (non-hydrogen) atoms. The Labute approximate surface area is 182 Å². The average molecular weight is 472 g/mol. The molecule has 2 aromatic carbocycles. The number of aromatic hydroxyl groups is 1. The molecule has 0 spiro atoms. The van der Waals surface area contributed by atoms with Crippen LogP contribution >= 0.6 is 15.9 Å². The number of phenolic OH excluding ortho intramolecular Hbond substituents is 1. The van der Waals surface area contributed by atoms with Gasteiger partial charge in [-0.2, -0.15) is 0 Å². The van der Waals surface area contributed by atoms with E-state index in [9.17, 15) is 14.7 Å². The minimum Gasteiger partial charge on any atom is -0.508 e. The first-order valence-corrected chi connectivity index (χ1v) is 10.6. The van der Waals surface area contributed by atoms with E-state index in [-0.39, 0.29) is 28.9 Å². The molecule has 1 amide bonds. The fraction of sp³-hybridized carbons (Fsp3) is 0.304. The molecule has 0 saturated carbocycles. The Hall–Kier alpha value is -2.64. The number of amides is 1. The number of halogens is 1. The molecule has 4 rings (SSSR count). The molecule has 1 unspecified atom stereocenters. The molecule has 1 aromatic heterocycles. The highest BCUT2D eigenvalue weighted by Crippen LogP contribution is 2.39. The van der Waals surface area contributed by atoms with Gasteiger partial charge in [0.05, 0.1) is 23.1 Å². The topological polar surface area (TPSA) is 80.0 Å². The second kappa shape index (κ2) is 8.24. The van der Waals surface area contributed by atoms with E-state index in [2.05, 4.69) is 15.9 Å². The lowest BCUT2D eigenvalue weighted by molar-refractivity contribution is 0.0593. The number of hydrogen-bond donors (Lipinski definition) is 1. The maximum Gasteiger partial charge on any atom is 0.290 e. The summed E-state index contributed by atoms with van der Waals surface area (Å²) in [5, 5.41) is 10.4. The zero-order valence-electron chi connectivity index (χ0n) is 16.7. The largest absolute Gasteiger partial charge is 0.508 e. The molecule has 6 nitrogen and oxygen atoms in total. The summed E-state index contributed by atoms with van der Waals surface area (Å²) in [5.74, 6) is -0.192. The fourth-order valence-corrected chi connectivity index (χ4v) is 4.18. The fourth-order valence-electron chi connectivity index (χ4n) is 3.82. The van der Waals surface area contributed by atoms with Crippen LogP contribution in [0.5, 0.6) is 5.75 Å². The second-order valence-electron chi connectivity index (χ2n) is 7.58. The zero-order chi connectivity index (χ0) is 21.4. The zero-order valence-corrected chi connectivity index (χ0v) is 18.3. The molecule has 0 bridgehead atoms. The van der Waals surface area contributed by atoms with Crippen molar-refractivity contribution in [3.8, 4) is 5.75 Å². The summed E-state index contributed by atoms with van der Waals surface area (Å²) in [4.78, 5) is 28.3. The molecule has 2 heterocycles. The molecule has 0 saturated heterocycles. The minimum atomic E-state index is -0.627. The van der Waals surface area contributed by atoms with Crippen LogP contribution < -0.4 is 5.43 Å². The van der Waals surface area contributed by atoms with Crippen molar-refractivity contribution >= 4 is 32.8 Å². The lowest BCUT2D eigenvalue weighted by Gasteiger charge is -2.25. The van der Waals surface area contributed by atoms with Gasteiger partial charge in [-0.1, -0.05) is 28.1 Å². The van der Waals surface area contributed by atoms with E-state index < -0.39 is 6.04 Å². The van der Waals surface area contributed by atoms with Crippen molar-refractivity contribution in [3.05, 3.63) is 74.0 Å². The van der Waals surface area contributed by atoms with Gasteiger partial charge in [-0.05, 0) is 56.2 Å². The molecule has 0 fully saturated rings. The lowest BCUT2D eigenvalue weighted by atomic mass is 9.98. The van der Waals surface area contributed by atoms with E-state index in [1.165, 1.54) is 0 Å². The van der Waals surface area contributed by atoms with Gasteiger partial charge in [0.1, 0.15) is 11.3 Å². The molecule has 1 aliphatic rings. The third-order valence-corrected chi connectivity index (χ3v) is 5.60. The van der Waals surface area contributed by atoms with E-state index in [0.29, 0.717) is 41.7 Å². The van der Waals surface area contributed by atoms with Crippen LogP contribution in [0.25, 0.3) is 11.0 Å². The molecule has 7 heteroatoms. The number of ether oxygens (including phenoxy) is 1. The van der Waals surface area contributed by atoms with Crippen LogP contribution in [0.4, 0.5) is 0 Å². The third kappa shape index (κ3) is 3.75. The van der Waals surface area contributed by atoms with Crippen LogP contribution in [0.3, 0.4) is 0 Å². The van der Waals surface area contributed by atoms with Crippen molar-refractivity contribution in [1.29, 1.82) is 0 Å². The number of hydrogen-bond acceptors (Lipinski definition) is 5. The Bertz CT molecular complexity index is 1170. The minimum absolute atomic E-state index is 0.0629. The van der Waals surface area contributed by atoms with Gasteiger partial charge in [-0.15, -0.1) is 0 Å². The van der Waals surface area contributed by atoms with Gasteiger partial charge in [0.15, 0.2) is 5.43 Å². The molecule has 0 aliphatic carbocycles. The number of benzene rings is 2. The smallest absolute Gasteiger partial charge is 0.290 e. The molecule has 156 valence electrons. The number of carbonyl (C=O) groups is 1. The first-order chi connectivity index (χ1) is 14.4. The summed E-state index contributed by atoms with van der Waals surface area (Å²) in [7, 11) is 0. The van der Waals surface area contributed by atoms with Crippen LogP contribution in [-0.4, -0.2) is 35.2 Å². The average Bonchev–Trinajstić information content (AvgIpc) is 2.98. The van der Waals surface area contributed by atoms with Crippen LogP contribution in [0.1, 0.15) is 48.0 Å². The van der Waals surface area contributed by atoms with E-state index in [1.807, 2.05) is 13.8 Å². The third-order valence-electron chi connectivity index (χ3n) is 5.11. The Morgan fingerprint density at radius 2 is 2.00 bits per heavy atom. The van der Waals surface area contributed by atoms with Crippen molar-refractivity contribution < 1.29 is 19.1 Å². The molecule has 3 aromatic rings. The standard InChI is InChI=1S/C23H22BrNO5/c1-13(2)29-10-4-9-25-20(14-5-3-6-16(26)11-14)19-21(27)17-12-15(24)7-8-18(17)30-22(19)23(25)28/h3,5-8,11-13,20,26H,4,9-10H2,1-2H3. The number of rotatable bonds is 6. The molecule has 1 atom stereocenters. The Kier molecular flexibility index (Phi) is 5.66. The first kappa shape index (κ1) is 20.6. The van der Waals surface area contributed by atoms with E-state index in [0.717, 1.165) is 4.47 Å². The second-order valence-corrected chi connectivity index (χ2v) is 8.50. The quantitative estimate of drug-likeness (QED) is 0.530. The highest BCUT2D eigenvalue weighted by molar-refractivity contribution is 9.10. The molecule has 1 aliphatic heterocycles. The number of phenols is 1. The lowest BCUT2D eigenvalue weighted by Crippen LogP contribution is -2.31. The SMILES string of the molecule is CC(C)OCCCN1C(=O)c2oc3ccc(Br)cc3c(=O)c2C1c1cccc(O)c1. The molecular weight excluding hydrogens is 450 g/mol.